The molecule has 0 radical (unpaired) electrons. The molecule has 0 aliphatic rings. The Bertz CT molecular complexity index is 386. The first-order valence-electron chi connectivity index (χ1n) is 6.60. The van der Waals surface area contributed by atoms with Crippen LogP contribution in [0, 0.1) is 12.8 Å². The Morgan fingerprint density at radius 2 is 2.33 bits per heavy atom. The van der Waals surface area contributed by atoms with Crippen LogP contribution in [0.5, 0.6) is 0 Å². The number of carbonyl (C=O) groups excluding carboxylic acids is 1. The molecule has 5 heteroatoms. The van der Waals surface area contributed by atoms with Crippen LogP contribution >= 0.6 is 0 Å². The molecule has 0 saturated heterocycles. The van der Waals surface area contributed by atoms with E-state index < -0.39 is 0 Å². The molecule has 0 aliphatic heterocycles. The average Bonchev–Trinajstić information content (AvgIpc) is 2.74. The summed E-state index contributed by atoms with van der Waals surface area (Å²) >= 11 is 0. The number of aromatic nitrogens is 2. The van der Waals surface area contributed by atoms with Gasteiger partial charge in [0.1, 0.15) is 0 Å². The zero-order valence-electron chi connectivity index (χ0n) is 11.6. The van der Waals surface area contributed by atoms with Crippen LogP contribution in [0.2, 0.25) is 0 Å². The molecule has 0 aliphatic carbocycles. The van der Waals surface area contributed by atoms with Crippen LogP contribution in [0.1, 0.15) is 42.7 Å². The molecule has 5 nitrogen and oxygen atoms in total. The van der Waals surface area contributed by atoms with E-state index in [1.54, 1.807) is 6.20 Å². The third-order valence-electron chi connectivity index (χ3n) is 3.23. The summed E-state index contributed by atoms with van der Waals surface area (Å²) in [7, 11) is 0. The summed E-state index contributed by atoms with van der Waals surface area (Å²) in [6.45, 7) is 8.27. The summed E-state index contributed by atoms with van der Waals surface area (Å²) < 4.78 is 1.84. The lowest BCUT2D eigenvalue weighted by atomic mass is 10.1. The van der Waals surface area contributed by atoms with E-state index in [9.17, 15) is 4.79 Å². The van der Waals surface area contributed by atoms with Gasteiger partial charge in [-0.15, -0.1) is 0 Å². The Balaban J connectivity index is 2.60. The Kier molecular flexibility index (Phi) is 5.85. The lowest BCUT2D eigenvalue weighted by molar-refractivity contribution is 0.0947. The maximum Gasteiger partial charge on any atom is 0.254 e. The second-order valence-corrected chi connectivity index (χ2v) is 4.73. The standard InChI is InChI=1S/C13H24N4O/c1-4-10(2)8-15-13(18)12-9-16-17(11(12)3)7-5-6-14/h9-10H,4-8,14H2,1-3H3,(H,15,18). The van der Waals surface area contributed by atoms with Gasteiger partial charge in [0.05, 0.1) is 11.8 Å². The van der Waals surface area contributed by atoms with Gasteiger partial charge in [-0.05, 0) is 25.8 Å². The fourth-order valence-electron chi connectivity index (χ4n) is 1.64. The lowest BCUT2D eigenvalue weighted by Gasteiger charge is -2.10. The molecule has 1 unspecified atom stereocenters. The molecule has 1 atom stereocenters. The van der Waals surface area contributed by atoms with Gasteiger partial charge in [0.15, 0.2) is 0 Å². The van der Waals surface area contributed by atoms with Crippen LogP contribution in [0.15, 0.2) is 6.20 Å². The number of hydrogen-bond donors (Lipinski definition) is 2. The van der Waals surface area contributed by atoms with Crippen molar-refractivity contribution in [2.24, 2.45) is 11.7 Å². The van der Waals surface area contributed by atoms with Crippen LogP contribution in [0.4, 0.5) is 0 Å². The zero-order chi connectivity index (χ0) is 13.5. The first-order valence-corrected chi connectivity index (χ1v) is 6.60. The molecule has 0 spiro atoms. The van der Waals surface area contributed by atoms with Crippen LogP contribution in [0.3, 0.4) is 0 Å². The van der Waals surface area contributed by atoms with Gasteiger partial charge >= 0.3 is 0 Å². The summed E-state index contributed by atoms with van der Waals surface area (Å²) in [5, 5.41) is 7.16. The highest BCUT2D eigenvalue weighted by atomic mass is 16.1. The van der Waals surface area contributed by atoms with E-state index in [1.165, 1.54) is 0 Å². The highest BCUT2D eigenvalue weighted by Gasteiger charge is 2.14. The van der Waals surface area contributed by atoms with Crippen molar-refractivity contribution in [3.8, 4) is 0 Å². The number of hydrogen-bond acceptors (Lipinski definition) is 3. The second-order valence-electron chi connectivity index (χ2n) is 4.73. The van der Waals surface area contributed by atoms with Gasteiger partial charge in [0, 0.05) is 18.8 Å². The quantitative estimate of drug-likeness (QED) is 0.768. The highest BCUT2D eigenvalue weighted by Crippen LogP contribution is 2.08. The van der Waals surface area contributed by atoms with Gasteiger partial charge < -0.3 is 11.1 Å². The summed E-state index contributed by atoms with van der Waals surface area (Å²) in [5.41, 5.74) is 7.04. The molecule has 1 heterocycles. The molecule has 0 saturated carbocycles. The van der Waals surface area contributed by atoms with Crippen molar-refractivity contribution in [2.75, 3.05) is 13.1 Å². The predicted octanol–water partition coefficient (Wildman–Crippen LogP) is 1.32. The normalized spacial score (nSPS) is 12.4. The zero-order valence-corrected chi connectivity index (χ0v) is 11.6. The van der Waals surface area contributed by atoms with Gasteiger partial charge in [0.25, 0.3) is 5.91 Å². The van der Waals surface area contributed by atoms with Crippen molar-refractivity contribution in [3.05, 3.63) is 17.5 Å². The monoisotopic (exact) mass is 252 g/mol. The van der Waals surface area contributed by atoms with Crippen molar-refractivity contribution in [1.29, 1.82) is 0 Å². The minimum Gasteiger partial charge on any atom is -0.352 e. The molecule has 0 fully saturated rings. The molecule has 102 valence electrons. The van der Waals surface area contributed by atoms with E-state index in [0.29, 0.717) is 24.6 Å². The van der Waals surface area contributed by atoms with Gasteiger partial charge in [-0.1, -0.05) is 20.3 Å². The number of nitrogens with zero attached hydrogens (tertiary/aromatic N) is 2. The molecule has 18 heavy (non-hydrogen) atoms. The van der Waals surface area contributed by atoms with E-state index in [0.717, 1.165) is 25.1 Å². The predicted molar refractivity (Wildman–Crippen MR) is 72.4 cm³/mol. The number of amides is 1. The smallest absolute Gasteiger partial charge is 0.254 e. The van der Waals surface area contributed by atoms with Gasteiger partial charge in [-0.25, -0.2) is 0 Å². The first kappa shape index (κ1) is 14.7. The molecular weight excluding hydrogens is 228 g/mol. The molecule has 3 N–H and O–H groups in total. The third-order valence-corrected chi connectivity index (χ3v) is 3.23. The molecule has 1 rings (SSSR count). The summed E-state index contributed by atoms with van der Waals surface area (Å²) in [6.07, 6.45) is 3.57. The van der Waals surface area contributed by atoms with Crippen LogP contribution < -0.4 is 11.1 Å². The molecule has 0 aromatic carbocycles. The highest BCUT2D eigenvalue weighted by molar-refractivity contribution is 5.95. The minimum absolute atomic E-state index is 0.0354. The van der Waals surface area contributed by atoms with Gasteiger partial charge in [-0.2, -0.15) is 5.10 Å². The fourth-order valence-corrected chi connectivity index (χ4v) is 1.64. The summed E-state index contributed by atoms with van der Waals surface area (Å²) in [6, 6.07) is 0. The minimum atomic E-state index is -0.0354. The Labute approximate surface area is 109 Å². The number of nitrogens with two attached hydrogens (primary N) is 1. The number of nitrogens with one attached hydrogen (secondary N) is 1. The second kappa shape index (κ2) is 7.16. The number of rotatable bonds is 7. The van der Waals surface area contributed by atoms with E-state index >= 15 is 0 Å². The van der Waals surface area contributed by atoms with E-state index in [2.05, 4.69) is 24.3 Å². The van der Waals surface area contributed by atoms with Crippen molar-refractivity contribution in [1.82, 2.24) is 15.1 Å². The molecule has 1 amide bonds. The molecule has 1 aromatic heterocycles. The fraction of sp³-hybridized carbons (Fsp3) is 0.692. The van der Waals surface area contributed by atoms with Crippen LogP contribution in [0.25, 0.3) is 0 Å². The summed E-state index contributed by atoms with van der Waals surface area (Å²) in [5.74, 6) is 0.466. The van der Waals surface area contributed by atoms with E-state index in [4.69, 9.17) is 5.73 Å². The Hall–Kier alpha value is -1.36. The van der Waals surface area contributed by atoms with Gasteiger partial charge in [-0.3, -0.25) is 9.48 Å². The topological polar surface area (TPSA) is 72.9 Å². The van der Waals surface area contributed by atoms with Crippen LogP contribution in [-0.4, -0.2) is 28.8 Å². The average molecular weight is 252 g/mol. The summed E-state index contributed by atoms with van der Waals surface area (Å²) in [4.78, 5) is 12.0. The van der Waals surface area contributed by atoms with Crippen molar-refractivity contribution >= 4 is 5.91 Å². The maximum atomic E-state index is 12.0. The van der Waals surface area contributed by atoms with Crippen molar-refractivity contribution in [2.45, 2.75) is 40.2 Å². The lowest BCUT2D eigenvalue weighted by Crippen LogP contribution is -2.28. The number of carbonyl (C=O) groups is 1. The third kappa shape index (κ3) is 3.84. The van der Waals surface area contributed by atoms with Gasteiger partial charge in [0.2, 0.25) is 0 Å². The van der Waals surface area contributed by atoms with Crippen LogP contribution in [-0.2, 0) is 6.54 Å². The number of aryl methyl sites for hydroxylation is 1. The van der Waals surface area contributed by atoms with Crippen molar-refractivity contribution in [3.63, 3.8) is 0 Å². The SMILES string of the molecule is CCC(C)CNC(=O)c1cnn(CCCN)c1C. The van der Waals surface area contributed by atoms with E-state index in [-0.39, 0.29) is 5.91 Å². The molecule has 0 bridgehead atoms. The molecular formula is C13H24N4O. The maximum absolute atomic E-state index is 12.0. The Morgan fingerprint density at radius 3 is 2.94 bits per heavy atom. The Morgan fingerprint density at radius 1 is 1.61 bits per heavy atom. The van der Waals surface area contributed by atoms with Crippen molar-refractivity contribution < 1.29 is 4.79 Å². The largest absolute Gasteiger partial charge is 0.352 e. The van der Waals surface area contributed by atoms with E-state index in [1.807, 2.05) is 11.6 Å². The first-order chi connectivity index (χ1) is 8.60. The molecule has 1 aromatic rings.